The van der Waals surface area contributed by atoms with Crippen molar-refractivity contribution in [2.24, 2.45) is 0 Å². The lowest BCUT2D eigenvalue weighted by atomic mass is 10.2. The SMILES string of the molecule is COc1cc(OC)c2cc1NS(=O)(=O)c1cc(c(OC(C)C)cc1OC(C)C)S(=O)(=O)Nc1cc(c(OC)cc1OC)NS(=O)(=O)c1cc(c(OC(C)C)cc1OC(C)C)S(=O)(=O)N2. The third-order valence-corrected chi connectivity index (χ3v) is 14.2. The van der Waals surface area contributed by atoms with E-state index < -0.39 is 84.1 Å². The monoisotopic (exact) mass is 972 g/mol. The Morgan fingerprint density at radius 2 is 0.500 bits per heavy atom. The van der Waals surface area contributed by atoms with Crippen LogP contribution >= 0.6 is 0 Å². The summed E-state index contributed by atoms with van der Waals surface area (Å²) >= 11 is 0. The van der Waals surface area contributed by atoms with Crippen LogP contribution in [-0.4, -0.2) is 86.5 Å². The van der Waals surface area contributed by atoms with Gasteiger partial charge < -0.3 is 37.9 Å². The fourth-order valence-electron chi connectivity index (χ4n) is 6.19. The molecule has 0 amide bonds. The van der Waals surface area contributed by atoms with Crippen molar-refractivity contribution in [3.8, 4) is 46.0 Å². The summed E-state index contributed by atoms with van der Waals surface area (Å²) in [4.78, 5) is -2.74. The number of anilines is 4. The van der Waals surface area contributed by atoms with E-state index in [1.807, 2.05) is 0 Å². The molecular formula is C40H52N4O16S4. The van der Waals surface area contributed by atoms with E-state index in [4.69, 9.17) is 37.9 Å². The highest BCUT2D eigenvalue weighted by molar-refractivity contribution is 7.94. The van der Waals surface area contributed by atoms with Gasteiger partial charge in [0.1, 0.15) is 65.6 Å². The number of ether oxygens (including phenoxy) is 8. The van der Waals surface area contributed by atoms with Crippen molar-refractivity contribution in [2.75, 3.05) is 47.3 Å². The lowest BCUT2D eigenvalue weighted by Gasteiger charge is -2.23. The Balaban J connectivity index is 1.95. The summed E-state index contributed by atoms with van der Waals surface area (Å²) in [5.74, 6) is -1.90. The molecule has 1 aliphatic heterocycles. The molecule has 352 valence electrons. The van der Waals surface area contributed by atoms with Crippen molar-refractivity contribution in [2.45, 2.75) is 99.4 Å². The molecule has 0 fully saturated rings. The van der Waals surface area contributed by atoms with Gasteiger partial charge >= 0.3 is 0 Å². The zero-order valence-electron chi connectivity index (χ0n) is 37.1. The van der Waals surface area contributed by atoms with Crippen LogP contribution in [0.5, 0.6) is 46.0 Å². The molecule has 64 heavy (non-hydrogen) atoms. The predicted molar refractivity (Wildman–Crippen MR) is 238 cm³/mol. The Morgan fingerprint density at radius 3 is 0.672 bits per heavy atom. The van der Waals surface area contributed by atoms with E-state index in [0.717, 1.165) is 36.4 Å². The van der Waals surface area contributed by atoms with Crippen molar-refractivity contribution in [3.63, 3.8) is 0 Å². The number of nitrogens with one attached hydrogen (secondary N) is 4. The molecule has 4 aromatic rings. The lowest BCUT2D eigenvalue weighted by Crippen LogP contribution is -2.22. The highest BCUT2D eigenvalue weighted by Crippen LogP contribution is 2.45. The molecule has 24 heteroatoms. The van der Waals surface area contributed by atoms with Gasteiger partial charge in [-0.05, 0) is 79.7 Å². The summed E-state index contributed by atoms with van der Waals surface area (Å²) in [5, 5.41) is 0. The molecule has 0 aromatic heterocycles. The van der Waals surface area contributed by atoms with Crippen LogP contribution in [0.2, 0.25) is 0 Å². The number of benzene rings is 4. The summed E-state index contributed by atoms with van der Waals surface area (Å²) in [7, 11) is -14.7. The van der Waals surface area contributed by atoms with Gasteiger partial charge in [0.15, 0.2) is 0 Å². The van der Waals surface area contributed by atoms with Gasteiger partial charge in [-0.25, -0.2) is 33.7 Å². The second kappa shape index (κ2) is 18.8. The number of hydrogen-bond acceptors (Lipinski definition) is 16. The summed E-state index contributed by atoms with van der Waals surface area (Å²) in [5.41, 5.74) is -1.40. The summed E-state index contributed by atoms with van der Waals surface area (Å²) in [6.07, 6.45) is -2.56. The molecule has 20 nitrogen and oxygen atoms in total. The van der Waals surface area contributed by atoms with Gasteiger partial charge in [0.2, 0.25) is 0 Å². The zero-order valence-corrected chi connectivity index (χ0v) is 40.4. The second-order valence-electron chi connectivity index (χ2n) is 15.1. The molecular weight excluding hydrogens is 921 g/mol. The van der Waals surface area contributed by atoms with Crippen LogP contribution in [-0.2, 0) is 40.1 Å². The third kappa shape index (κ3) is 10.8. The largest absolute Gasteiger partial charge is 0.494 e. The van der Waals surface area contributed by atoms with Gasteiger partial charge in [-0.2, -0.15) is 0 Å². The third-order valence-electron chi connectivity index (χ3n) is 8.65. The molecule has 1 heterocycles. The number of hydrogen-bond donors (Lipinski definition) is 4. The van der Waals surface area contributed by atoms with Crippen molar-refractivity contribution in [3.05, 3.63) is 48.5 Å². The van der Waals surface area contributed by atoms with E-state index >= 15 is 0 Å². The molecule has 0 unspecified atom stereocenters. The second-order valence-corrected chi connectivity index (χ2v) is 21.7. The zero-order chi connectivity index (χ0) is 47.7. The van der Waals surface area contributed by atoms with Crippen LogP contribution in [0.4, 0.5) is 22.7 Å². The van der Waals surface area contributed by atoms with E-state index in [9.17, 15) is 33.7 Å². The molecule has 5 rings (SSSR count). The first-order valence-electron chi connectivity index (χ1n) is 19.4. The fraction of sp³-hybridized carbons (Fsp3) is 0.400. The van der Waals surface area contributed by atoms with Gasteiger partial charge in [0, 0.05) is 24.3 Å². The van der Waals surface area contributed by atoms with Gasteiger partial charge in [0.05, 0.1) is 75.6 Å². The molecule has 1 aliphatic rings. The first-order chi connectivity index (χ1) is 29.7. The molecule has 4 aromatic carbocycles. The lowest BCUT2D eigenvalue weighted by molar-refractivity contribution is 0.220. The first-order valence-corrected chi connectivity index (χ1v) is 25.3. The van der Waals surface area contributed by atoms with Gasteiger partial charge in [-0.3, -0.25) is 18.9 Å². The average Bonchev–Trinajstić information content (AvgIpc) is 3.16. The Hall–Kier alpha value is -5.72. The maximum absolute atomic E-state index is 14.6. The van der Waals surface area contributed by atoms with Crippen LogP contribution in [0.25, 0.3) is 0 Å². The standard InChI is InChI=1S/C40H52N4O16S4/c1-21(2)57-33-17-34(58-22(3)4)38-19-37(33)61(45,46)41-25-13-26(30(54-10)15-29(25)53-9)43-63(49,50)39-20-40(36(60-24(7)8)18-35(39)59-23(5)6)64(51,52)44-28-14-27(42-62(38,47)48)31(55-11)16-32(28)56-12/h13-24,41-44H,1-12H3. The van der Waals surface area contributed by atoms with Crippen LogP contribution < -0.4 is 56.8 Å². The van der Waals surface area contributed by atoms with E-state index in [2.05, 4.69) is 18.9 Å². The van der Waals surface area contributed by atoms with Crippen LogP contribution in [0, 0.1) is 0 Å². The molecule has 0 saturated carbocycles. The molecule has 0 spiro atoms. The maximum atomic E-state index is 14.6. The van der Waals surface area contributed by atoms with Crippen molar-refractivity contribution in [1.29, 1.82) is 0 Å². The molecule has 0 aliphatic carbocycles. The average molecular weight is 973 g/mol. The Kier molecular flexibility index (Phi) is 14.5. The minimum Gasteiger partial charge on any atom is -0.494 e. The Labute approximate surface area is 374 Å². The minimum atomic E-state index is -4.90. The summed E-state index contributed by atoms with van der Waals surface area (Å²) in [6.45, 7) is 12.9. The number of rotatable bonds is 12. The van der Waals surface area contributed by atoms with E-state index in [0.29, 0.717) is 0 Å². The van der Waals surface area contributed by atoms with Crippen molar-refractivity contribution >= 4 is 62.8 Å². The number of methoxy groups -OCH3 is 4. The van der Waals surface area contributed by atoms with E-state index in [1.165, 1.54) is 40.6 Å². The number of sulfonamides is 4. The smallest absolute Gasteiger partial charge is 0.265 e. The first kappa shape index (κ1) is 49.3. The molecule has 8 bridgehead atoms. The van der Waals surface area contributed by atoms with E-state index in [-0.39, 0.29) is 68.7 Å². The summed E-state index contributed by atoms with van der Waals surface area (Å²) < 4.78 is 172. The Bertz CT molecular complexity index is 2500. The van der Waals surface area contributed by atoms with Crippen LogP contribution in [0.1, 0.15) is 55.4 Å². The van der Waals surface area contributed by atoms with Gasteiger partial charge in [0.25, 0.3) is 40.1 Å². The van der Waals surface area contributed by atoms with Gasteiger partial charge in [-0.15, -0.1) is 0 Å². The van der Waals surface area contributed by atoms with Crippen molar-refractivity contribution in [1.82, 2.24) is 0 Å². The van der Waals surface area contributed by atoms with Crippen molar-refractivity contribution < 1.29 is 71.6 Å². The molecule has 4 N–H and O–H groups in total. The quantitative estimate of drug-likeness (QED) is 0.120. The topological polar surface area (TPSA) is 259 Å². The maximum Gasteiger partial charge on any atom is 0.265 e. The normalized spacial score (nSPS) is 16.0. The number of fused-ring (bicyclic) bond motifs is 8. The van der Waals surface area contributed by atoms with Crippen LogP contribution in [0.3, 0.4) is 0 Å². The molecule has 0 saturated heterocycles. The molecule has 0 atom stereocenters. The Morgan fingerprint density at radius 1 is 0.312 bits per heavy atom. The summed E-state index contributed by atoms with van der Waals surface area (Å²) in [6, 6.07) is 8.31. The molecule has 0 radical (unpaired) electrons. The minimum absolute atomic E-state index is 0.160. The highest BCUT2D eigenvalue weighted by Gasteiger charge is 2.34. The van der Waals surface area contributed by atoms with Crippen LogP contribution in [0.15, 0.2) is 68.1 Å². The van der Waals surface area contributed by atoms with E-state index in [1.54, 1.807) is 55.4 Å². The van der Waals surface area contributed by atoms with Gasteiger partial charge in [-0.1, -0.05) is 0 Å². The predicted octanol–water partition coefficient (Wildman–Crippen LogP) is 6.39. The highest BCUT2D eigenvalue weighted by atomic mass is 32.2. The fourth-order valence-corrected chi connectivity index (χ4v) is 11.2.